The molecule has 0 aromatic heterocycles. The van der Waals surface area contributed by atoms with Crippen LogP contribution in [0.25, 0.3) is 0 Å². The lowest BCUT2D eigenvalue weighted by Gasteiger charge is -2.39. The minimum atomic E-state index is -4.74. The van der Waals surface area contributed by atoms with Crippen LogP contribution in [0.15, 0.2) is 42.5 Å². The van der Waals surface area contributed by atoms with Crippen molar-refractivity contribution in [2.45, 2.75) is 191 Å². The van der Waals surface area contributed by atoms with Gasteiger partial charge in [-0.25, -0.2) is 4.39 Å². The van der Waals surface area contributed by atoms with Crippen molar-refractivity contribution in [1.82, 2.24) is 55.6 Å². The van der Waals surface area contributed by atoms with Gasteiger partial charge in [-0.1, -0.05) is 101 Å². The highest BCUT2D eigenvalue weighted by molar-refractivity contribution is 6.31. The molecule has 4 aliphatic rings. The molecule has 2 unspecified atom stereocenters. The van der Waals surface area contributed by atoms with Gasteiger partial charge in [0.15, 0.2) is 0 Å². The fourth-order valence-electron chi connectivity index (χ4n) is 13.3. The lowest BCUT2D eigenvalue weighted by Crippen LogP contribution is -2.57. The SMILES string of the molecule is CCC(C)C1NC(=O)CCNC(=O)[C@H](Cc2ccc(F)cc2)N(C)C(=O)[C@H](C2CCCCC2)N(C)C(=O)CCCCNC(=O)[C@@H]2CCCN2C(=O)[C@H](CCc2ccc(C(F)(F)F)c(Cl)c2)NC(=O)CN(C)C(=O)[C@H](CC2CCCCC2)N(C)C(=O)CN(C)C(=O)CN(C)C1=O. The number of nitrogens with one attached hydrogen (secondary N) is 4. The number of hydrogen-bond donors (Lipinski definition) is 4. The molecular formula is C68H98ClF4N11O11. The summed E-state index contributed by atoms with van der Waals surface area (Å²) in [6, 6.07) is 1.92. The van der Waals surface area contributed by atoms with Crippen LogP contribution < -0.4 is 21.3 Å². The van der Waals surface area contributed by atoms with Gasteiger partial charge in [0.05, 0.1) is 30.2 Å². The van der Waals surface area contributed by atoms with Crippen molar-refractivity contribution in [2.24, 2.45) is 17.8 Å². The van der Waals surface area contributed by atoms with Crippen LogP contribution in [0.5, 0.6) is 0 Å². The first-order valence-electron chi connectivity index (χ1n) is 33.6. The minimum absolute atomic E-state index is 0.0142. The predicted octanol–water partition coefficient (Wildman–Crippen LogP) is 5.89. The molecule has 2 saturated heterocycles. The zero-order chi connectivity index (χ0) is 69.8. The molecule has 2 saturated carbocycles. The standard InChI is InChI=1S/C68H98ClF4N11O11/c1-9-43(2)60-66(94)80(5)41-58(88)78(3)42-59(89)81(6)54(39-44-19-12-10-13-20-44)65(93)79(4)40-56(86)76-51(32-28-45-27-31-49(50(69)37-45)68(71,72)73)64(92)84-36-18-23-52(84)62(90)74-34-17-16-24-57(87)83(8)61(47-21-14-11-15-22-47)67(95)82(7)53(38-46-25-29-48(70)30-26-46)63(91)75-35-33-55(85)77-60/h25-27,29-31,37,43-44,47,51-54,60-61H,9-24,28,32-36,38-42H2,1-8H3,(H,74,90)(H,75,91)(H,76,86)(H,77,85)/t43?,51-,52-,53-,54-,60?,61-/m0/s1. The summed E-state index contributed by atoms with van der Waals surface area (Å²) in [6.07, 6.45) is 4.89. The minimum Gasteiger partial charge on any atom is -0.354 e. The highest BCUT2D eigenvalue weighted by atomic mass is 35.5. The number of fused-ring (bicyclic) bond motifs is 1. The largest absolute Gasteiger partial charge is 0.417 e. The second kappa shape index (κ2) is 36.1. The average Bonchev–Trinajstić information content (AvgIpc) is 1.01. The van der Waals surface area contributed by atoms with Gasteiger partial charge in [-0.05, 0) is 111 Å². The highest BCUT2D eigenvalue weighted by Crippen LogP contribution is 2.36. The summed E-state index contributed by atoms with van der Waals surface area (Å²) < 4.78 is 55.3. The van der Waals surface area contributed by atoms with E-state index in [-0.39, 0.29) is 88.7 Å². The van der Waals surface area contributed by atoms with Gasteiger partial charge >= 0.3 is 6.18 Å². The molecule has 95 heavy (non-hydrogen) atoms. The van der Waals surface area contributed by atoms with E-state index < -0.39 is 143 Å². The molecule has 11 amide bonds. The molecule has 2 aliphatic carbocycles. The highest BCUT2D eigenvalue weighted by Gasteiger charge is 2.42. The lowest BCUT2D eigenvalue weighted by atomic mass is 9.82. The maximum Gasteiger partial charge on any atom is 0.417 e. The number of rotatable bonds is 10. The zero-order valence-electron chi connectivity index (χ0n) is 56.3. The molecule has 4 fully saturated rings. The van der Waals surface area contributed by atoms with Gasteiger partial charge in [0.2, 0.25) is 65.0 Å². The molecule has 27 heteroatoms. The van der Waals surface area contributed by atoms with E-state index in [2.05, 4.69) is 21.3 Å². The maximum absolute atomic E-state index is 15.0. The Morgan fingerprint density at radius 3 is 1.84 bits per heavy atom. The van der Waals surface area contributed by atoms with Gasteiger partial charge in [-0.15, -0.1) is 0 Å². The smallest absolute Gasteiger partial charge is 0.354 e. The summed E-state index contributed by atoms with van der Waals surface area (Å²) >= 11 is 6.09. The average molecular weight is 1360 g/mol. The Kier molecular flexibility index (Phi) is 29.1. The number of hydrogen-bond acceptors (Lipinski definition) is 11. The van der Waals surface area contributed by atoms with Gasteiger partial charge in [0.25, 0.3) is 0 Å². The molecule has 4 N–H and O–H groups in total. The van der Waals surface area contributed by atoms with Crippen molar-refractivity contribution in [3.05, 3.63) is 70.0 Å². The molecule has 0 radical (unpaired) electrons. The topological polar surface area (TPSA) is 259 Å². The number of carbonyl (C=O) groups is 11. The van der Waals surface area contributed by atoms with E-state index in [9.17, 15) is 65.5 Å². The van der Waals surface area contributed by atoms with Crippen molar-refractivity contribution < 1.29 is 70.3 Å². The first-order valence-corrected chi connectivity index (χ1v) is 33.9. The zero-order valence-corrected chi connectivity index (χ0v) is 57.1. The number of halogens is 5. The van der Waals surface area contributed by atoms with Crippen LogP contribution in [-0.2, 0) is 71.8 Å². The number of carbonyl (C=O) groups excluding carboxylic acids is 11. The molecular weight excluding hydrogens is 1260 g/mol. The summed E-state index contributed by atoms with van der Waals surface area (Å²) in [6.45, 7) is 1.97. The Morgan fingerprint density at radius 2 is 1.20 bits per heavy atom. The molecule has 22 nitrogen and oxygen atoms in total. The summed E-state index contributed by atoms with van der Waals surface area (Å²) in [7, 11) is 8.59. The second-order valence-electron chi connectivity index (χ2n) is 26.4. The van der Waals surface area contributed by atoms with Crippen molar-refractivity contribution in [3.63, 3.8) is 0 Å². The number of likely N-dealkylation sites (N-methyl/N-ethyl adjacent to an activating group) is 6. The molecule has 0 spiro atoms. The molecule has 2 aliphatic heterocycles. The predicted molar refractivity (Wildman–Crippen MR) is 348 cm³/mol. The van der Waals surface area contributed by atoms with Crippen LogP contribution in [0.4, 0.5) is 17.6 Å². The summed E-state index contributed by atoms with van der Waals surface area (Å²) in [5, 5.41) is 10.6. The van der Waals surface area contributed by atoms with Crippen molar-refractivity contribution in [2.75, 3.05) is 81.6 Å². The number of benzene rings is 2. The molecule has 2 aromatic rings. The van der Waals surface area contributed by atoms with Crippen LogP contribution >= 0.6 is 11.6 Å². The molecule has 526 valence electrons. The number of aryl methyl sites for hydroxylation is 1. The van der Waals surface area contributed by atoms with Gasteiger partial charge in [0.1, 0.15) is 42.1 Å². The summed E-state index contributed by atoms with van der Waals surface area (Å²) in [5.74, 6) is -7.65. The summed E-state index contributed by atoms with van der Waals surface area (Å²) in [4.78, 5) is 166. The summed E-state index contributed by atoms with van der Waals surface area (Å²) in [5.41, 5.74) is -0.204. The maximum atomic E-state index is 15.0. The number of alkyl halides is 3. The Hall–Kier alpha value is -7.38. The third-order valence-electron chi connectivity index (χ3n) is 19.4. The monoisotopic (exact) mass is 1360 g/mol. The van der Waals surface area contributed by atoms with E-state index in [0.29, 0.717) is 43.2 Å². The second-order valence-corrected chi connectivity index (χ2v) is 26.8. The van der Waals surface area contributed by atoms with E-state index in [1.165, 1.54) is 85.2 Å². The van der Waals surface area contributed by atoms with E-state index in [1.807, 2.05) is 6.92 Å². The van der Waals surface area contributed by atoms with Crippen LogP contribution in [0.3, 0.4) is 0 Å². The van der Waals surface area contributed by atoms with Gasteiger partial charge in [-0.2, -0.15) is 13.2 Å². The molecule has 7 atom stereocenters. The third kappa shape index (κ3) is 21.8. The van der Waals surface area contributed by atoms with Crippen molar-refractivity contribution in [3.8, 4) is 0 Å². The van der Waals surface area contributed by atoms with Crippen LogP contribution in [0.2, 0.25) is 5.02 Å². The quantitative estimate of drug-likeness (QED) is 0.204. The Balaban J connectivity index is 1.29. The van der Waals surface area contributed by atoms with Crippen LogP contribution in [0, 0.1) is 23.6 Å². The van der Waals surface area contributed by atoms with Crippen molar-refractivity contribution in [1.29, 1.82) is 0 Å². The first-order chi connectivity index (χ1) is 45.0. The van der Waals surface area contributed by atoms with Crippen LogP contribution in [0.1, 0.15) is 153 Å². The van der Waals surface area contributed by atoms with Crippen molar-refractivity contribution >= 4 is 76.6 Å². The number of nitrogens with zero attached hydrogens (tertiary/aromatic N) is 7. The van der Waals surface area contributed by atoms with E-state index >= 15 is 4.79 Å². The normalized spacial score (nSPS) is 24.9. The number of amides is 11. The molecule has 2 aromatic carbocycles. The fraction of sp³-hybridized carbons (Fsp3) is 0.662. The lowest BCUT2D eigenvalue weighted by molar-refractivity contribution is -0.150. The van der Waals surface area contributed by atoms with E-state index in [4.69, 9.17) is 11.6 Å². The first kappa shape index (κ1) is 76.6. The van der Waals surface area contributed by atoms with E-state index in [0.717, 1.165) is 78.2 Å². The van der Waals surface area contributed by atoms with E-state index in [1.54, 1.807) is 14.0 Å². The van der Waals surface area contributed by atoms with Gasteiger partial charge < -0.3 is 55.6 Å². The molecule has 0 bridgehead atoms. The third-order valence-corrected chi connectivity index (χ3v) is 19.8. The van der Waals surface area contributed by atoms with Crippen LogP contribution in [-0.4, -0.2) is 217 Å². The van der Waals surface area contributed by atoms with Gasteiger partial charge in [-0.3, -0.25) is 52.7 Å². The Bertz CT molecular complexity index is 3020. The fourth-order valence-corrected chi connectivity index (χ4v) is 13.6. The Labute approximate surface area is 560 Å². The van der Waals surface area contributed by atoms with Gasteiger partial charge in [0, 0.05) is 81.2 Å². The Morgan fingerprint density at radius 1 is 0.579 bits per heavy atom. The molecule has 6 rings (SSSR count). The molecule has 2 heterocycles.